The van der Waals surface area contributed by atoms with Crippen molar-refractivity contribution in [2.45, 2.75) is 60.5 Å². The number of carbonyl (C=O) groups is 2. The Kier molecular flexibility index (Phi) is 10.3. The summed E-state index contributed by atoms with van der Waals surface area (Å²) in [6, 6.07) is 16.2. The van der Waals surface area contributed by atoms with E-state index >= 15 is 0 Å². The Hall–Kier alpha value is -3.84. The molecule has 212 valence electrons. The summed E-state index contributed by atoms with van der Waals surface area (Å²) >= 11 is 6.05. The number of rotatable bonds is 9. The molecule has 0 radical (unpaired) electrons. The maximum absolute atomic E-state index is 14.8. The van der Waals surface area contributed by atoms with Gasteiger partial charge in [0, 0.05) is 34.3 Å². The second-order valence-electron chi connectivity index (χ2n) is 9.67. The molecule has 4 rings (SSSR count). The monoisotopic (exact) mass is 566 g/mol. The molecule has 0 bridgehead atoms. The summed E-state index contributed by atoms with van der Waals surface area (Å²) in [6.07, 6.45) is 0. The number of aryl methyl sites for hydroxylation is 1. The van der Waals surface area contributed by atoms with Crippen molar-refractivity contribution in [3.63, 3.8) is 0 Å². The van der Waals surface area contributed by atoms with Crippen LogP contribution in [0.4, 0.5) is 4.39 Å². The van der Waals surface area contributed by atoms with Gasteiger partial charge in [0.1, 0.15) is 11.6 Å². The van der Waals surface area contributed by atoms with E-state index in [4.69, 9.17) is 21.4 Å². The number of carbonyl (C=O) groups excluding carboxylic acids is 1. The van der Waals surface area contributed by atoms with Crippen LogP contribution in [0.1, 0.15) is 71.9 Å². The van der Waals surface area contributed by atoms with E-state index in [-0.39, 0.29) is 23.2 Å². The molecule has 0 saturated heterocycles. The number of benzene rings is 3. The molecule has 0 unspecified atom stereocenters. The van der Waals surface area contributed by atoms with E-state index in [1.165, 1.54) is 11.6 Å². The van der Waals surface area contributed by atoms with Gasteiger partial charge in [-0.2, -0.15) is 0 Å². The number of hydrogen-bond acceptors (Lipinski definition) is 3. The smallest absolute Gasteiger partial charge is 0.341 e. The molecule has 0 fully saturated rings. The van der Waals surface area contributed by atoms with E-state index in [1.54, 1.807) is 6.07 Å². The molecule has 1 aromatic heterocycles. The Bertz CT molecular complexity index is 1530. The van der Waals surface area contributed by atoms with Crippen LogP contribution in [0.15, 0.2) is 54.6 Å². The zero-order valence-electron chi connectivity index (χ0n) is 23.8. The highest BCUT2D eigenvalue weighted by Gasteiger charge is 2.17. The molecule has 1 amide bonds. The van der Waals surface area contributed by atoms with E-state index in [0.29, 0.717) is 23.6 Å². The van der Waals surface area contributed by atoms with Crippen molar-refractivity contribution in [3.8, 4) is 5.75 Å². The predicted octanol–water partition coefficient (Wildman–Crippen LogP) is 7.64. The van der Waals surface area contributed by atoms with Gasteiger partial charge in [0.05, 0.1) is 11.6 Å². The molecular formula is C32H36ClFN2O4. The van der Waals surface area contributed by atoms with Gasteiger partial charge < -0.3 is 19.7 Å². The molecule has 0 aliphatic heterocycles. The number of nitrogens with zero attached hydrogens (tertiary/aromatic N) is 1. The number of aliphatic carboxylic acids is 1. The minimum atomic E-state index is -1.15. The van der Waals surface area contributed by atoms with Gasteiger partial charge >= 0.3 is 5.97 Å². The lowest BCUT2D eigenvalue weighted by molar-refractivity contribution is -0.139. The lowest BCUT2D eigenvalue weighted by Gasteiger charge is -2.13. The van der Waals surface area contributed by atoms with Crippen molar-refractivity contribution in [2.75, 3.05) is 6.61 Å². The van der Waals surface area contributed by atoms with Gasteiger partial charge in [-0.3, -0.25) is 4.79 Å². The third-order valence-electron chi connectivity index (χ3n) is 6.75. The van der Waals surface area contributed by atoms with Crippen molar-refractivity contribution in [1.82, 2.24) is 9.88 Å². The molecule has 4 aromatic rings. The van der Waals surface area contributed by atoms with Crippen LogP contribution in [-0.4, -0.2) is 28.2 Å². The number of nitrogens with one attached hydrogen (secondary N) is 1. The number of amides is 1. The van der Waals surface area contributed by atoms with Crippen molar-refractivity contribution in [2.24, 2.45) is 0 Å². The molecule has 8 heteroatoms. The average Bonchev–Trinajstić information content (AvgIpc) is 3.17. The van der Waals surface area contributed by atoms with Gasteiger partial charge in [-0.05, 0) is 66.8 Å². The Balaban J connectivity index is 0.00000216. The third kappa shape index (κ3) is 7.02. The zero-order chi connectivity index (χ0) is 29.6. The van der Waals surface area contributed by atoms with Gasteiger partial charge in [-0.1, -0.05) is 63.6 Å². The topological polar surface area (TPSA) is 80.6 Å². The number of ether oxygens (including phenoxy) is 1. The Labute approximate surface area is 239 Å². The Morgan fingerprint density at radius 2 is 1.80 bits per heavy atom. The first-order chi connectivity index (χ1) is 19.0. The second-order valence-corrected chi connectivity index (χ2v) is 10.1. The van der Waals surface area contributed by atoms with E-state index in [0.717, 1.165) is 33.8 Å². The lowest BCUT2D eigenvalue weighted by Crippen LogP contribution is -2.22. The van der Waals surface area contributed by atoms with Crippen molar-refractivity contribution in [3.05, 3.63) is 98.9 Å². The van der Waals surface area contributed by atoms with Gasteiger partial charge in [0.2, 0.25) is 0 Å². The van der Waals surface area contributed by atoms with Gasteiger partial charge in [-0.25, -0.2) is 9.18 Å². The highest BCUT2D eigenvalue weighted by molar-refractivity contribution is 6.32. The van der Waals surface area contributed by atoms with Crippen molar-refractivity contribution >= 4 is 34.4 Å². The summed E-state index contributed by atoms with van der Waals surface area (Å²) < 4.78 is 22.0. The number of aromatic nitrogens is 1. The molecule has 3 aromatic carbocycles. The lowest BCUT2D eigenvalue weighted by atomic mass is 10.0. The van der Waals surface area contributed by atoms with Crippen molar-refractivity contribution in [1.29, 1.82) is 0 Å². The Morgan fingerprint density at radius 3 is 2.48 bits per heavy atom. The standard InChI is InChI=1S/C30H30ClFN2O4.C2H6/c1-17(2)21-7-5-6-20(10-21)14-33-30(37)22-8-9-27-24(11-22)18(3)19(4)34(27)15-23-12-28(38-16-29(35)36)25(31)13-26(23)32;1-2/h5-13,17H,14-16H2,1-4H3,(H,33,37)(H,35,36);1-2H3. The molecule has 0 aliphatic rings. The summed E-state index contributed by atoms with van der Waals surface area (Å²) in [5, 5.41) is 12.8. The van der Waals surface area contributed by atoms with Gasteiger partial charge in [0.15, 0.2) is 6.61 Å². The van der Waals surface area contributed by atoms with Crippen LogP contribution >= 0.6 is 11.6 Å². The first-order valence-electron chi connectivity index (χ1n) is 13.3. The van der Waals surface area contributed by atoms with Crippen LogP contribution in [0.25, 0.3) is 10.9 Å². The van der Waals surface area contributed by atoms with Crippen LogP contribution in [-0.2, 0) is 17.9 Å². The molecule has 1 heterocycles. The summed E-state index contributed by atoms with van der Waals surface area (Å²) in [7, 11) is 0. The number of carboxylic acids is 1. The van der Waals surface area contributed by atoms with Gasteiger partial charge in [-0.15, -0.1) is 0 Å². The zero-order valence-corrected chi connectivity index (χ0v) is 24.5. The van der Waals surface area contributed by atoms with E-state index in [9.17, 15) is 14.0 Å². The fraction of sp³-hybridized carbons (Fsp3) is 0.312. The first-order valence-corrected chi connectivity index (χ1v) is 13.7. The van der Waals surface area contributed by atoms with Crippen LogP contribution in [0, 0.1) is 19.7 Å². The summed E-state index contributed by atoms with van der Waals surface area (Å²) in [5.74, 6) is -1.33. The van der Waals surface area contributed by atoms with E-state index in [2.05, 4.69) is 31.3 Å². The SMILES string of the molecule is CC.Cc1c(C)n(Cc2cc(OCC(=O)O)c(Cl)cc2F)c2ccc(C(=O)NCc3cccc(C(C)C)c3)cc12. The molecule has 6 nitrogen and oxygen atoms in total. The highest BCUT2D eigenvalue weighted by Crippen LogP contribution is 2.31. The summed E-state index contributed by atoms with van der Waals surface area (Å²) in [5.41, 5.74) is 5.87. The normalized spacial score (nSPS) is 10.8. The largest absolute Gasteiger partial charge is 0.480 e. The molecule has 0 saturated carbocycles. The third-order valence-corrected chi connectivity index (χ3v) is 7.05. The summed E-state index contributed by atoms with van der Waals surface area (Å²) in [4.78, 5) is 23.8. The highest BCUT2D eigenvalue weighted by atomic mass is 35.5. The number of fused-ring (bicyclic) bond motifs is 1. The fourth-order valence-corrected chi connectivity index (χ4v) is 4.66. The maximum atomic E-state index is 14.8. The minimum Gasteiger partial charge on any atom is -0.480 e. The maximum Gasteiger partial charge on any atom is 0.341 e. The molecule has 0 spiro atoms. The van der Waals surface area contributed by atoms with Crippen LogP contribution in [0.3, 0.4) is 0 Å². The number of halogens is 2. The second kappa shape index (κ2) is 13.5. The van der Waals surface area contributed by atoms with Crippen LogP contribution in [0.5, 0.6) is 5.75 Å². The van der Waals surface area contributed by atoms with Crippen LogP contribution in [0.2, 0.25) is 5.02 Å². The average molecular weight is 567 g/mol. The number of hydrogen-bond donors (Lipinski definition) is 2. The van der Waals surface area contributed by atoms with E-state index in [1.807, 2.05) is 56.5 Å². The minimum absolute atomic E-state index is 0.00403. The van der Waals surface area contributed by atoms with Crippen LogP contribution < -0.4 is 10.1 Å². The molecule has 0 aliphatic carbocycles. The molecule has 40 heavy (non-hydrogen) atoms. The molecular weight excluding hydrogens is 531 g/mol. The van der Waals surface area contributed by atoms with E-state index < -0.39 is 18.4 Å². The number of carboxylic acid groups (broad SMARTS) is 1. The quantitative estimate of drug-likeness (QED) is 0.218. The predicted molar refractivity (Wildman–Crippen MR) is 158 cm³/mol. The fourth-order valence-electron chi connectivity index (χ4n) is 4.45. The first kappa shape index (κ1) is 30.7. The molecule has 2 N–H and O–H groups in total. The summed E-state index contributed by atoms with van der Waals surface area (Å²) in [6.45, 7) is 12.2. The molecule has 0 atom stereocenters. The Morgan fingerprint density at radius 1 is 1.07 bits per heavy atom. The van der Waals surface area contributed by atoms with Gasteiger partial charge in [0.25, 0.3) is 5.91 Å². The van der Waals surface area contributed by atoms with Crippen molar-refractivity contribution < 1.29 is 23.8 Å².